The molecule has 210 valence electrons. The van der Waals surface area contributed by atoms with Crippen molar-refractivity contribution in [2.45, 2.75) is 26.7 Å². The number of H-pyrrole nitrogens is 1. The number of hydrogen-bond acceptors (Lipinski definition) is 7. The molecule has 2 aliphatic rings. The Labute approximate surface area is 233 Å². The average Bonchev–Trinajstić information content (AvgIpc) is 3.44. The molecular weight excluding hydrogens is 510 g/mol. The molecule has 2 amide bonds. The molecular formula is C30H35N5O5. The minimum absolute atomic E-state index is 0.132. The molecule has 5 rings (SSSR count). The van der Waals surface area contributed by atoms with Crippen molar-refractivity contribution in [2.75, 3.05) is 51.8 Å². The summed E-state index contributed by atoms with van der Waals surface area (Å²) in [4.78, 5) is 47.9. The summed E-state index contributed by atoms with van der Waals surface area (Å²) in [6.45, 7) is 7.66. The molecule has 10 nitrogen and oxygen atoms in total. The Morgan fingerprint density at radius 1 is 0.875 bits per heavy atom. The van der Waals surface area contributed by atoms with E-state index < -0.39 is 11.8 Å². The summed E-state index contributed by atoms with van der Waals surface area (Å²) in [6.07, 6.45) is 1.29. The van der Waals surface area contributed by atoms with Gasteiger partial charge in [0.15, 0.2) is 0 Å². The van der Waals surface area contributed by atoms with E-state index in [-0.39, 0.29) is 22.4 Å². The van der Waals surface area contributed by atoms with Crippen LogP contribution in [0, 0.1) is 0 Å². The highest BCUT2D eigenvalue weighted by Gasteiger charge is 2.46. The number of hydrogen-bond donors (Lipinski definition) is 1. The number of ether oxygens (including phenoxy) is 2. The number of carbonyl (C=O) groups excluding carboxylic acids is 2. The van der Waals surface area contributed by atoms with Crippen LogP contribution >= 0.6 is 0 Å². The van der Waals surface area contributed by atoms with Gasteiger partial charge in [0, 0.05) is 37.9 Å². The van der Waals surface area contributed by atoms with Crippen LogP contribution < -0.4 is 19.9 Å². The van der Waals surface area contributed by atoms with E-state index >= 15 is 0 Å². The zero-order valence-electron chi connectivity index (χ0n) is 23.4. The lowest BCUT2D eigenvalue weighted by atomic mass is 10.0. The van der Waals surface area contributed by atoms with Gasteiger partial charge in [0.1, 0.15) is 17.2 Å². The lowest BCUT2D eigenvalue weighted by Crippen LogP contribution is -2.47. The number of likely N-dealkylation sites (N-methyl/N-ethyl adjacent to an activating group) is 1. The number of piperazine rings is 1. The van der Waals surface area contributed by atoms with Gasteiger partial charge in [-0.05, 0) is 37.2 Å². The molecule has 1 N–H and O–H groups in total. The summed E-state index contributed by atoms with van der Waals surface area (Å²) in [5.41, 5.74) is 1.85. The van der Waals surface area contributed by atoms with E-state index in [1.165, 1.54) is 18.9 Å². The Morgan fingerprint density at radius 2 is 1.60 bits per heavy atom. The minimum atomic E-state index is -0.546. The van der Waals surface area contributed by atoms with Crippen molar-refractivity contribution >= 4 is 23.1 Å². The van der Waals surface area contributed by atoms with Gasteiger partial charge in [-0.25, -0.2) is 9.58 Å². The molecule has 1 fully saturated rings. The van der Waals surface area contributed by atoms with Gasteiger partial charge >= 0.3 is 0 Å². The largest absolute Gasteiger partial charge is 0.497 e. The van der Waals surface area contributed by atoms with E-state index in [1.54, 1.807) is 18.2 Å². The van der Waals surface area contributed by atoms with Crippen LogP contribution in [0.2, 0.25) is 0 Å². The predicted molar refractivity (Wildman–Crippen MR) is 153 cm³/mol. The maximum Gasteiger partial charge on any atom is 0.282 e. The zero-order valence-corrected chi connectivity index (χ0v) is 23.4. The number of nitrogens with one attached hydrogen (secondary N) is 1. The Balaban J connectivity index is 1.70. The number of aromatic amines is 1. The third-order valence-electron chi connectivity index (χ3n) is 7.55. The van der Waals surface area contributed by atoms with Crippen LogP contribution in [0.4, 0.5) is 5.69 Å². The Hall–Kier alpha value is -4.31. The van der Waals surface area contributed by atoms with E-state index in [0.29, 0.717) is 48.1 Å². The quantitative estimate of drug-likeness (QED) is 0.413. The average molecular weight is 546 g/mol. The van der Waals surface area contributed by atoms with E-state index in [2.05, 4.69) is 16.9 Å². The van der Waals surface area contributed by atoms with Crippen LogP contribution in [0.5, 0.6) is 11.5 Å². The van der Waals surface area contributed by atoms with Gasteiger partial charge in [0.25, 0.3) is 17.4 Å². The number of benzene rings is 2. The maximum atomic E-state index is 14.3. The number of anilines is 1. The van der Waals surface area contributed by atoms with Crippen molar-refractivity contribution in [2.24, 2.45) is 0 Å². The second-order valence-electron chi connectivity index (χ2n) is 9.82. The summed E-state index contributed by atoms with van der Waals surface area (Å²) in [7, 11) is 3.01. The fraction of sp³-hybridized carbons (Fsp3) is 0.367. The van der Waals surface area contributed by atoms with Gasteiger partial charge < -0.3 is 19.3 Å². The van der Waals surface area contributed by atoms with Crippen molar-refractivity contribution in [3.05, 3.63) is 75.8 Å². The molecule has 3 heterocycles. The molecule has 3 aromatic rings. The number of aryl methyl sites for hydroxylation is 1. The summed E-state index contributed by atoms with van der Waals surface area (Å²) in [5, 5.41) is 3.23. The number of aromatic nitrogens is 2. The normalized spacial score (nSPS) is 16.3. The number of carbonyl (C=O) groups is 2. The number of nitrogens with zero attached hydrogens (tertiary/aromatic N) is 4. The van der Waals surface area contributed by atoms with E-state index in [0.717, 1.165) is 31.0 Å². The molecule has 0 spiro atoms. The monoisotopic (exact) mass is 545 g/mol. The zero-order chi connectivity index (χ0) is 28.4. The fourth-order valence-electron chi connectivity index (χ4n) is 5.44. The molecule has 10 heteroatoms. The third-order valence-corrected chi connectivity index (χ3v) is 7.55. The molecule has 0 radical (unpaired) electrons. The molecule has 1 aromatic heterocycles. The first-order valence-electron chi connectivity index (χ1n) is 13.6. The smallest absolute Gasteiger partial charge is 0.282 e. The maximum absolute atomic E-state index is 14.3. The summed E-state index contributed by atoms with van der Waals surface area (Å²) < 4.78 is 12.3. The molecule has 0 atom stereocenters. The molecule has 0 aliphatic carbocycles. The van der Waals surface area contributed by atoms with E-state index in [9.17, 15) is 14.4 Å². The highest BCUT2D eigenvalue weighted by atomic mass is 16.5. The van der Waals surface area contributed by atoms with Crippen molar-refractivity contribution in [1.29, 1.82) is 0 Å². The van der Waals surface area contributed by atoms with Crippen LogP contribution in [-0.2, 0) is 16.0 Å². The SMILES string of the molecule is CCCc1[nH]n(-c2ccccc2)c(=O)c1C1=C(N2CCN(CC)CC2)C(=O)N(c2ccc(OC)cc2OC)C1=O. The second kappa shape index (κ2) is 11.4. The molecule has 0 saturated carbocycles. The second-order valence-corrected chi connectivity index (χ2v) is 9.82. The van der Waals surface area contributed by atoms with Crippen LogP contribution in [0.15, 0.2) is 59.0 Å². The third kappa shape index (κ3) is 4.68. The Bertz CT molecular complexity index is 1500. The van der Waals surface area contributed by atoms with Crippen molar-refractivity contribution < 1.29 is 19.1 Å². The summed E-state index contributed by atoms with van der Waals surface area (Å²) in [5.74, 6) is -0.162. The molecule has 40 heavy (non-hydrogen) atoms. The van der Waals surface area contributed by atoms with Gasteiger partial charge in [0.2, 0.25) is 0 Å². The van der Waals surface area contributed by atoms with Crippen LogP contribution in [0.3, 0.4) is 0 Å². The number of rotatable bonds is 9. The first kappa shape index (κ1) is 27.3. The number of imide groups is 1. The van der Waals surface area contributed by atoms with Crippen LogP contribution in [0.25, 0.3) is 11.3 Å². The van der Waals surface area contributed by atoms with Crippen molar-refractivity contribution in [3.63, 3.8) is 0 Å². The van der Waals surface area contributed by atoms with Crippen molar-refractivity contribution in [1.82, 2.24) is 19.6 Å². The standard InChI is InChI=1S/C30H35N5O5/c1-5-10-22-25(29(37)35(31-22)20-11-8-7-9-12-20)26-27(33-17-15-32(6-2)16-18-33)30(38)34(28(26)36)23-14-13-21(39-3)19-24(23)40-4/h7-9,11-14,19,31H,5-6,10,15-18H2,1-4H3. The van der Waals surface area contributed by atoms with E-state index in [4.69, 9.17) is 9.47 Å². The Kier molecular flexibility index (Phi) is 7.79. The predicted octanol–water partition coefficient (Wildman–Crippen LogP) is 3.06. The van der Waals surface area contributed by atoms with Gasteiger partial charge in [-0.15, -0.1) is 0 Å². The molecule has 0 unspecified atom stereocenters. The lowest BCUT2D eigenvalue weighted by Gasteiger charge is -2.35. The van der Waals surface area contributed by atoms with Gasteiger partial charge in [0.05, 0.1) is 36.7 Å². The van der Waals surface area contributed by atoms with E-state index in [1.807, 2.05) is 42.2 Å². The highest BCUT2D eigenvalue weighted by molar-refractivity contribution is 6.45. The minimum Gasteiger partial charge on any atom is -0.497 e. The van der Waals surface area contributed by atoms with Gasteiger partial charge in [-0.2, -0.15) is 0 Å². The first-order chi connectivity index (χ1) is 19.4. The fourth-order valence-corrected chi connectivity index (χ4v) is 5.44. The van der Waals surface area contributed by atoms with Crippen LogP contribution in [-0.4, -0.2) is 78.3 Å². The molecule has 0 bridgehead atoms. The number of para-hydroxylation sites is 1. The van der Waals surface area contributed by atoms with Gasteiger partial charge in [-0.1, -0.05) is 38.5 Å². The summed E-state index contributed by atoms with van der Waals surface area (Å²) >= 11 is 0. The molecule has 2 aliphatic heterocycles. The Morgan fingerprint density at radius 3 is 2.23 bits per heavy atom. The number of methoxy groups -OCH3 is 2. The highest BCUT2D eigenvalue weighted by Crippen LogP contribution is 2.40. The summed E-state index contributed by atoms with van der Waals surface area (Å²) in [6, 6.07) is 14.2. The molecule has 1 saturated heterocycles. The van der Waals surface area contributed by atoms with Crippen molar-refractivity contribution in [3.8, 4) is 17.2 Å². The first-order valence-corrected chi connectivity index (χ1v) is 13.6. The lowest BCUT2D eigenvalue weighted by molar-refractivity contribution is -0.120. The topological polar surface area (TPSA) is 100 Å². The number of amides is 2. The van der Waals surface area contributed by atoms with Gasteiger partial charge in [-0.3, -0.25) is 19.5 Å². The van der Waals surface area contributed by atoms with Crippen LogP contribution in [0.1, 0.15) is 31.5 Å². The molecule has 2 aromatic carbocycles.